The molecule has 0 bridgehead atoms. The van der Waals surface area contributed by atoms with Crippen LogP contribution in [0.25, 0.3) is 0 Å². The average Bonchev–Trinajstić information content (AvgIpc) is 2.28. The van der Waals surface area contributed by atoms with Crippen LogP contribution in [0.15, 0.2) is 0 Å². The highest BCUT2D eigenvalue weighted by Crippen LogP contribution is 2.19. The summed E-state index contributed by atoms with van der Waals surface area (Å²) in [5.41, 5.74) is -0.414. The zero-order chi connectivity index (χ0) is 13.1. The molecule has 0 aromatic heterocycles. The van der Waals surface area contributed by atoms with Gasteiger partial charge in [-0.05, 0) is 41.3 Å². The van der Waals surface area contributed by atoms with E-state index >= 15 is 0 Å². The summed E-state index contributed by atoms with van der Waals surface area (Å²) < 4.78 is 0. The Balaban J connectivity index is 2.59. The Morgan fingerprint density at radius 1 is 1.53 bits per heavy atom. The van der Waals surface area contributed by atoms with E-state index in [0.29, 0.717) is 12.1 Å². The normalized spacial score (nSPS) is 28.4. The van der Waals surface area contributed by atoms with Crippen LogP contribution in [0.2, 0.25) is 0 Å². The highest BCUT2D eigenvalue weighted by Gasteiger charge is 2.31. The summed E-state index contributed by atoms with van der Waals surface area (Å²) in [6.07, 6.45) is 0.869. The summed E-state index contributed by atoms with van der Waals surface area (Å²) >= 11 is 0. The third kappa shape index (κ3) is 3.67. The van der Waals surface area contributed by atoms with Crippen LogP contribution < -0.4 is 5.32 Å². The number of nitrogens with zero attached hydrogens (tertiary/aromatic N) is 3. The van der Waals surface area contributed by atoms with Crippen LogP contribution >= 0.6 is 0 Å². The van der Waals surface area contributed by atoms with E-state index in [-0.39, 0.29) is 0 Å². The summed E-state index contributed by atoms with van der Waals surface area (Å²) in [6.45, 7) is 9.82. The molecule has 1 heterocycles. The van der Waals surface area contributed by atoms with E-state index in [9.17, 15) is 5.26 Å². The highest BCUT2D eigenvalue weighted by atomic mass is 15.3. The van der Waals surface area contributed by atoms with Gasteiger partial charge in [0.25, 0.3) is 0 Å². The van der Waals surface area contributed by atoms with Gasteiger partial charge in [-0.3, -0.25) is 4.90 Å². The quantitative estimate of drug-likeness (QED) is 0.790. The van der Waals surface area contributed by atoms with Crippen molar-refractivity contribution in [1.29, 1.82) is 5.26 Å². The Labute approximate surface area is 106 Å². The zero-order valence-electron chi connectivity index (χ0n) is 11.8. The van der Waals surface area contributed by atoms with Gasteiger partial charge in [-0.15, -0.1) is 0 Å². The number of piperazine rings is 1. The molecule has 0 aliphatic carbocycles. The van der Waals surface area contributed by atoms with E-state index in [1.165, 1.54) is 0 Å². The fourth-order valence-corrected chi connectivity index (χ4v) is 2.72. The topological polar surface area (TPSA) is 42.3 Å². The van der Waals surface area contributed by atoms with Crippen molar-refractivity contribution in [2.45, 2.75) is 44.8 Å². The maximum atomic E-state index is 9.20. The lowest BCUT2D eigenvalue weighted by Crippen LogP contribution is -2.55. The molecule has 0 spiro atoms. The first-order valence-electron chi connectivity index (χ1n) is 6.46. The summed E-state index contributed by atoms with van der Waals surface area (Å²) in [5.74, 6) is 0. The first kappa shape index (κ1) is 14.4. The SMILES string of the molecule is CNC(C)(C#N)CC(C)N1CCN(C)CC1C. The van der Waals surface area contributed by atoms with Gasteiger partial charge >= 0.3 is 0 Å². The molecule has 1 N–H and O–H groups in total. The van der Waals surface area contributed by atoms with Gasteiger partial charge in [-0.1, -0.05) is 0 Å². The van der Waals surface area contributed by atoms with Crippen molar-refractivity contribution in [2.75, 3.05) is 33.7 Å². The van der Waals surface area contributed by atoms with Crippen molar-refractivity contribution in [1.82, 2.24) is 15.1 Å². The van der Waals surface area contributed by atoms with E-state index in [0.717, 1.165) is 26.1 Å². The predicted molar refractivity (Wildman–Crippen MR) is 70.8 cm³/mol. The minimum atomic E-state index is -0.414. The minimum Gasteiger partial charge on any atom is -0.304 e. The predicted octanol–water partition coefficient (Wildman–Crippen LogP) is 0.903. The molecule has 0 aromatic rings. The van der Waals surface area contributed by atoms with Crippen molar-refractivity contribution >= 4 is 0 Å². The average molecular weight is 238 g/mol. The van der Waals surface area contributed by atoms with Gasteiger partial charge in [0.2, 0.25) is 0 Å². The number of hydrogen-bond acceptors (Lipinski definition) is 4. The van der Waals surface area contributed by atoms with Crippen molar-refractivity contribution < 1.29 is 0 Å². The van der Waals surface area contributed by atoms with Crippen molar-refractivity contribution in [2.24, 2.45) is 0 Å². The summed E-state index contributed by atoms with van der Waals surface area (Å²) in [4.78, 5) is 4.89. The Morgan fingerprint density at radius 2 is 2.18 bits per heavy atom. The number of rotatable bonds is 4. The maximum absolute atomic E-state index is 9.20. The van der Waals surface area contributed by atoms with Crippen LogP contribution in [0.3, 0.4) is 0 Å². The number of likely N-dealkylation sites (N-methyl/N-ethyl adjacent to an activating group) is 1. The number of nitrogens with one attached hydrogen (secondary N) is 1. The molecular weight excluding hydrogens is 212 g/mol. The minimum absolute atomic E-state index is 0.414. The fourth-order valence-electron chi connectivity index (χ4n) is 2.72. The Kier molecular flexibility index (Phi) is 4.93. The lowest BCUT2D eigenvalue weighted by molar-refractivity contribution is 0.0576. The van der Waals surface area contributed by atoms with Crippen molar-refractivity contribution in [3.8, 4) is 6.07 Å². The van der Waals surface area contributed by atoms with E-state index in [4.69, 9.17) is 0 Å². The molecule has 1 fully saturated rings. The third-order valence-corrected chi connectivity index (χ3v) is 3.95. The summed E-state index contributed by atoms with van der Waals surface area (Å²) in [6, 6.07) is 3.39. The first-order chi connectivity index (χ1) is 7.91. The molecule has 1 saturated heterocycles. The van der Waals surface area contributed by atoms with E-state index < -0.39 is 5.54 Å². The van der Waals surface area contributed by atoms with Gasteiger partial charge in [0, 0.05) is 31.7 Å². The third-order valence-electron chi connectivity index (χ3n) is 3.95. The van der Waals surface area contributed by atoms with Gasteiger partial charge in [0.1, 0.15) is 5.54 Å². The highest BCUT2D eigenvalue weighted by molar-refractivity contribution is 5.05. The zero-order valence-corrected chi connectivity index (χ0v) is 11.8. The molecule has 0 aromatic carbocycles. The van der Waals surface area contributed by atoms with Gasteiger partial charge in [0.15, 0.2) is 0 Å². The molecule has 4 nitrogen and oxygen atoms in total. The summed E-state index contributed by atoms with van der Waals surface area (Å²) in [7, 11) is 4.04. The molecule has 1 aliphatic heterocycles. The van der Waals surface area contributed by atoms with Crippen LogP contribution in [-0.4, -0.2) is 61.2 Å². The largest absolute Gasteiger partial charge is 0.304 e. The monoisotopic (exact) mass is 238 g/mol. The van der Waals surface area contributed by atoms with E-state index in [2.05, 4.69) is 42.1 Å². The van der Waals surface area contributed by atoms with Crippen LogP contribution in [0, 0.1) is 11.3 Å². The van der Waals surface area contributed by atoms with E-state index in [1.54, 1.807) is 0 Å². The van der Waals surface area contributed by atoms with Gasteiger partial charge in [-0.25, -0.2) is 0 Å². The van der Waals surface area contributed by atoms with Crippen LogP contribution in [0.1, 0.15) is 27.2 Å². The molecule has 17 heavy (non-hydrogen) atoms. The Morgan fingerprint density at radius 3 is 2.65 bits per heavy atom. The second-order valence-corrected chi connectivity index (χ2v) is 5.60. The lowest BCUT2D eigenvalue weighted by Gasteiger charge is -2.43. The molecule has 4 heteroatoms. The molecule has 3 atom stereocenters. The maximum Gasteiger partial charge on any atom is 0.105 e. The van der Waals surface area contributed by atoms with Crippen molar-refractivity contribution in [3.63, 3.8) is 0 Å². The Bertz CT molecular complexity index is 286. The molecular formula is C13H26N4. The molecule has 98 valence electrons. The van der Waals surface area contributed by atoms with E-state index in [1.807, 2.05) is 14.0 Å². The van der Waals surface area contributed by atoms with Crippen molar-refractivity contribution in [3.05, 3.63) is 0 Å². The van der Waals surface area contributed by atoms with Gasteiger partial charge in [0.05, 0.1) is 6.07 Å². The molecule has 0 radical (unpaired) electrons. The van der Waals surface area contributed by atoms with Crippen LogP contribution in [0.4, 0.5) is 0 Å². The second kappa shape index (κ2) is 5.81. The molecule has 1 rings (SSSR count). The van der Waals surface area contributed by atoms with Gasteiger partial charge in [-0.2, -0.15) is 5.26 Å². The molecule has 0 saturated carbocycles. The number of nitriles is 1. The Hall–Kier alpha value is -0.630. The first-order valence-corrected chi connectivity index (χ1v) is 6.46. The second-order valence-electron chi connectivity index (χ2n) is 5.60. The summed E-state index contributed by atoms with van der Waals surface area (Å²) in [5, 5.41) is 12.3. The van der Waals surface area contributed by atoms with Crippen LogP contribution in [0.5, 0.6) is 0 Å². The number of hydrogen-bond donors (Lipinski definition) is 1. The van der Waals surface area contributed by atoms with Crippen LogP contribution in [-0.2, 0) is 0 Å². The molecule has 3 unspecified atom stereocenters. The smallest absolute Gasteiger partial charge is 0.105 e. The lowest BCUT2D eigenvalue weighted by atomic mass is 9.93. The van der Waals surface area contributed by atoms with Gasteiger partial charge < -0.3 is 10.2 Å². The molecule has 0 amide bonds. The standard InChI is InChI=1S/C13H26N4/c1-11(8-13(3,10-14)15-4)17-7-6-16(5)9-12(17)2/h11-12,15H,6-9H2,1-5H3. The molecule has 1 aliphatic rings. The fraction of sp³-hybridized carbons (Fsp3) is 0.923.